The average Bonchev–Trinajstić information content (AvgIpc) is 1.27. The molecule has 0 bridgehead atoms. The summed E-state index contributed by atoms with van der Waals surface area (Å²) in [6, 6.07) is 0. The minimum atomic E-state index is -0.728. The van der Waals surface area contributed by atoms with E-state index < -0.39 is 5.97 Å². The summed E-state index contributed by atoms with van der Waals surface area (Å²) in [5.74, 6) is -0.728. The molecular formula is C3H4I2O2. The van der Waals surface area contributed by atoms with E-state index in [4.69, 9.17) is 5.11 Å². The normalized spacial score (nSPS) is 9.57. The molecule has 0 atom stereocenters. The molecule has 1 N–H and O–H groups in total. The number of alkyl halides is 2. The second-order valence-electron chi connectivity index (χ2n) is 0.989. The number of halogens is 2. The monoisotopic (exact) mass is 326 g/mol. The molecule has 0 aliphatic heterocycles. The third kappa shape index (κ3) is 6.93. The zero-order valence-electron chi connectivity index (χ0n) is 3.40. The first-order valence-electron chi connectivity index (χ1n) is 1.63. The second kappa shape index (κ2) is 3.88. The van der Waals surface area contributed by atoms with Crippen molar-refractivity contribution in [1.82, 2.24) is 0 Å². The van der Waals surface area contributed by atoms with Crippen LogP contribution in [0.5, 0.6) is 0 Å². The number of aliphatic carboxylic acids is 1. The molecule has 0 aromatic rings. The van der Waals surface area contributed by atoms with Crippen LogP contribution in [-0.4, -0.2) is 13.0 Å². The third-order valence-corrected chi connectivity index (χ3v) is 1.21. The Balaban J connectivity index is 3.13. The van der Waals surface area contributed by atoms with E-state index >= 15 is 0 Å². The van der Waals surface area contributed by atoms with Crippen molar-refractivity contribution in [2.45, 2.75) is 8.35 Å². The standard InChI is InChI=1S/C3H4I2O2/c4-2(5)1-3(6)7/h2H,1H2,(H,6,7). The number of carbonyl (C=O) groups is 1. The van der Waals surface area contributed by atoms with Crippen molar-refractivity contribution in [2.75, 3.05) is 0 Å². The maximum atomic E-state index is 9.80. The summed E-state index contributed by atoms with van der Waals surface area (Å²) < 4.78 is 0.215. The first-order chi connectivity index (χ1) is 3.13. The van der Waals surface area contributed by atoms with Crippen molar-refractivity contribution in [3.8, 4) is 0 Å². The fourth-order valence-electron chi connectivity index (χ4n) is 0.132. The predicted molar refractivity (Wildman–Crippen MR) is 44.1 cm³/mol. The molecule has 0 saturated carbocycles. The molecule has 7 heavy (non-hydrogen) atoms. The number of hydrogen-bond donors (Lipinski definition) is 1. The Hall–Kier alpha value is 0.930. The van der Waals surface area contributed by atoms with E-state index in [0.29, 0.717) is 0 Å². The summed E-state index contributed by atoms with van der Waals surface area (Å²) in [7, 11) is 0. The lowest BCUT2D eigenvalue weighted by Gasteiger charge is -1.90. The minimum absolute atomic E-state index is 0.215. The zero-order valence-corrected chi connectivity index (χ0v) is 7.71. The van der Waals surface area contributed by atoms with E-state index in [1.807, 2.05) is 0 Å². The molecule has 0 aromatic heterocycles. The highest BCUT2D eigenvalue weighted by atomic mass is 127. The van der Waals surface area contributed by atoms with Gasteiger partial charge in [0.05, 0.1) is 8.35 Å². The minimum Gasteiger partial charge on any atom is -0.481 e. The van der Waals surface area contributed by atoms with Crippen LogP contribution < -0.4 is 0 Å². The van der Waals surface area contributed by atoms with Crippen LogP contribution in [0.1, 0.15) is 6.42 Å². The van der Waals surface area contributed by atoms with Gasteiger partial charge < -0.3 is 5.11 Å². The van der Waals surface area contributed by atoms with Crippen molar-refractivity contribution in [2.24, 2.45) is 0 Å². The third-order valence-electron chi connectivity index (χ3n) is 0.329. The summed E-state index contributed by atoms with van der Waals surface area (Å²) in [5.41, 5.74) is 0. The number of rotatable bonds is 2. The summed E-state index contributed by atoms with van der Waals surface area (Å²) >= 11 is 4.13. The van der Waals surface area contributed by atoms with Gasteiger partial charge in [-0.2, -0.15) is 0 Å². The zero-order chi connectivity index (χ0) is 5.86. The van der Waals surface area contributed by atoms with Gasteiger partial charge in [-0.1, -0.05) is 45.2 Å². The van der Waals surface area contributed by atoms with E-state index in [9.17, 15) is 4.79 Å². The van der Waals surface area contributed by atoms with Crippen molar-refractivity contribution in [1.29, 1.82) is 0 Å². The molecule has 0 aliphatic carbocycles. The molecule has 0 spiro atoms. The lowest BCUT2D eigenvalue weighted by Crippen LogP contribution is -1.98. The molecule has 0 rings (SSSR count). The Morgan fingerprint density at radius 3 is 2.14 bits per heavy atom. The Bertz CT molecular complexity index is 71.3. The van der Waals surface area contributed by atoms with Gasteiger partial charge in [-0.05, 0) is 0 Å². The highest BCUT2D eigenvalue weighted by Crippen LogP contribution is 2.12. The quantitative estimate of drug-likeness (QED) is 0.619. The summed E-state index contributed by atoms with van der Waals surface area (Å²) in [6.45, 7) is 0. The summed E-state index contributed by atoms with van der Waals surface area (Å²) in [4.78, 5) is 9.80. The molecule has 2 nitrogen and oxygen atoms in total. The van der Waals surface area contributed by atoms with Crippen LogP contribution in [0, 0.1) is 0 Å². The van der Waals surface area contributed by atoms with Gasteiger partial charge in [-0.15, -0.1) is 0 Å². The van der Waals surface area contributed by atoms with Gasteiger partial charge >= 0.3 is 5.97 Å². The van der Waals surface area contributed by atoms with Crippen molar-refractivity contribution in [3.05, 3.63) is 0 Å². The van der Waals surface area contributed by atoms with E-state index in [0.717, 1.165) is 0 Å². The number of carboxylic acids is 1. The van der Waals surface area contributed by atoms with Crippen LogP contribution in [0.25, 0.3) is 0 Å². The number of hydrogen-bond acceptors (Lipinski definition) is 1. The SMILES string of the molecule is O=C(O)CC(I)I. The van der Waals surface area contributed by atoms with E-state index in [-0.39, 0.29) is 8.35 Å². The fourth-order valence-corrected chi connectivity index (χ4v) is 0.885. The molecule has 0 aliphatic rings. The largest absolute Gasteiger partial charge is 0.481 e. The first-order valence-corrected chi connectivity index (χ1v) is 4.12. The molecule has 0 heterocycles. The number of carboxylic acid groups (broad SMARTS) is 1. The van der Waals surface area contributed by atoms with Crippen LogP contribution in [0.15, 0.2) is 0 Å². The molecule has 42 valence electrons. The molecule has 0 unspecified atom stereocenters. The van der Waals surface area contributed by atoms with Gasteiger partial charge in [0.25, 0.3) is 0 Å². The molecule has 0 aromatic carbocycles. The fraction of sp³-hybridized carbons (Fsp3) is 0.667. The molecule has 0 amide bonds. The maximum Gasteiger partial charge on any atom is 0.305 e. The topological polar surface area (TPSA) is 37.3 Å². The van der Waals surface area contributed by atoms with Crippen LogP contribution in [0.4, 0.5) is 0 Å². The van der Waals surface area contributed by atoms with Gasteiger partial charge in [0.15, 0.2) is 0 Å². The van der Waals surface area contributed by atoms with E-state index in [2.05, 4.69) is 45.2 Å². The Morgan fingerprint density at radius 2 is 2.14 bits per heavy atom. The van der Waals surface area contributed by atoms with Crippen molar-refractivity contribution < 1.29 is 9.90 Å². The average molecular weight is 326 g/mol. The highest BCUT2D eigenvalue weighted by molar-refractivity contribution is 14.2. The molecule has 4 heteroatoms. The van der Waals surface area contributed by atoms with Crippen molar-refractivity contribution >= 4 is 51.2 Å². The lowest BCUT2D eigenvalue weighted by atomic mass is 10.5. The Labute approximate surface area is 68.9 Å². The smallest absolute Gasteiger partial charge is 0.305 e. The maximum absolute atomic E-state index is 9.80. The first kappa shape index (κ1) is 7.93. The highest BCUT2D eigenvalue weighted by Gasteiger charge is 2.01. The van der Waals surface area contributed by atoms with Crippen LogP contribution >= 0.6 is 45.2 Å². The Kier molecular flexibility index (Phi) is 4.39. The van der Waals surface area contributed by atoms with Crippen LogP contribution in [0.3, 0.4) is 0 Å². The van der Waals surface area contributed by atoms with Crippen molar-refractivity contribution in [3.63, 3.8) is 0 Å². The van der Waals surface area contributed by atoms with Crippen LogP contribution in [-0.2, 0) is 4.79 Å². The molecule has 0 saturated heterocycles. The van der Waals surface area contributed by atoms with Gasteiger partial charge in [0.1, 0.15) is 0 Å². The molecule has 0 radical (unpaired) electrons. The summed E-state index contributed by atoms with van der Waals surface area (Å²) in [5, 5.41) is 8.07. The second-order valence-corrected chi connectivity index (χ2v) is 6.38. The predicted octanol–water partition coefficient (Wildman–Crippen LogP) is 1.66. The lowest BCUT2D eigenvalue weighted by molar-refractivity contribution is -0.136. The van der Waals surface area contributed by atoms with E-state index in [1.165, 1.54) is 0 Å². The van der Waals surface area contributed by atoms with Gasteiger partial charge in [-0.3, -0.25) is 4.79 Å². The Morgan fingerprint density at radius 1 is 1.71 bits per heavy atom. The van der Waals surface area contributed by atoms with E-state index in [1.54, 1.807) is 0 Å². The van der Waals surface area contributed by atoms with Gasteiger partial charge in [-0.25, -0.2) is 0 Å². The van der Waals surface area contributed by atoms with Gasteiger partial charge in [0, 0.05) is 0 Å². The molecule has 0 fully saturated rings. The van der Waals surface area contributed by atoms with Crippen LogP contribution in [0.2, 0.25) is 0 Å². The molecular weight excluding hydrogens is 322 g/mol. The summed E-state index contributed by atoms with van der Waals surface area (Å²) in [6.07, 6.45) is 0.251. The van der Waals surface area contributed by atoms with Gasteiger partial charge in [0.2, 0.25) is 0 Å².